The molecular formula is C12H25NO. The third-order valence-electron chi connectivity index (χ3n) is 3.18. The average molecular weight is 199 g/mol. The van der Waals surface area contributed by atoms with Gasteiger partial charge >= 0.3 is 0 Å². The predicted octanol–water partition coefficient (Wildman–Crippen LogP) is 2.71. The lowest BCUT2D eigenvalue weighted by Crippen LogP contribution is -2.34. The molecule has 1 aliphatic rings. The van der Waals surface area contributed by atoms with Crippen molar-refractivity contribution < 1.29 is 4.74 Å². The number of rotatable bonds is 4. The molecule has 2 unspecified atom stereocenters. The fourth-order valence-electron chi connectivity index (χ4n) is 1.87. The summed E-state index contributed by atoms with van der Waals surface area (Å²) in [5, 5.41) is 0. The Balaban J connectivity index is 2.08. The summed E-state index contributed by atoms with van der Waals surface area (Å²) in [6.07, 6.45) is 6.57. The Morgan fingerprint density at radius 1 is 1.43 bits per heavy atom. The summed E-state index contributed by atoms with van der Waals surface area (Å²) in [7, 11) is 0. The maximum atomic E-state index is 6.09. The van der Waals surface area contributed by atoms with Crippen LogP contribution in [0.15, 0.2) is 0 Å². The van der Waals surface area contributed by atoms with Gasteiger partial charge in [-0.05, 0) is 37.5 Å². The van der Waals surface area contributed by atoms with E-state index in [-0.39, 0.29) is 5.41 Å². The zero-order valence-corrected chi connectivity index (χ0v) is 9.88. The molecule has 0 aliphatic carbocycles. The van der Waals surface area contributed by atoms with Crippen LogP contribution in [-0.2, 0) is 4.74 Å². The Bertz CT molecular complexity index is 156. The summed E-state index contributed by atoms with van der Waals surface area (Å²) < 4.78 is 5.58. The lowest BCUT2D eigenvalue weighted by Gasteiger charge is -2.27. The molecule has 0 aromatic rings. The molecule has 2 heteroatoms. The largest absolute Gasteiger partial charge is 0.378 e. The van der Waals surface area contributed by atoms with Gasteiger partial charge in [0.2, 0.25) is 0 Å². The molecule has 0 spiro atoms. The molecule has 2 N–H and O–H groups in total. The summed E-state index contributed by atoms with van der Waals surface area (Å²) in [5.74, 6) is 0. The van der Waals surface area contributed by atoms with Crippen LogP contribution in [0, 0.1) is 5.41 Å². The number of hydrogen-bond acceptors (Lipinski definition) is 2. The fourth-order valence-corrected chi connectivity index (χ4v) is 1.87. The van der Waals surface area contributed by atoms with Crippen LogP contribution >= 0.6 is 0 Å². The Morgan fingerprint density at radius 3 is 2.64 bits per heavy atom. The van der Waals surface area contributed by atoms with Gasteiger partial charge in [0, 0.05) is 12.6 Å². The molecule has 0 aromatic heterocycles. The van der Waals surface area contributed by atoms with Crippen LogP contribution in [0.3, 0.4) is 0 Å². The van der Waals surface area contributed by atoms with E-state index >= 15 is 0 Å². The van der Waals surface area contributed by atoms with Gasteiger partial charge in [0.05, 0.1) is 6.10 Å². The summed E-state index contributed by atoms with van der Waals surface area (Å²) >= 11 is 0. The molecule has 1 rings (SSSR count). The van der Waals surface area contributed by atoms with E-state index < -0.39 is 0 Å². The van der Waals surface area contributed by atoms with Gasteiger partial charge < -0.3 is 10.5 Å². The zero-order chi connectivity index (χ0) is 10.6. The summed E-state index contributed by atoms with van der Waals surface area (Å²) in [6, 6.07) is 0.323. The first kappa shape index (κ1) is 12.0. The Labute approximate surface area is 88.2 Å². The van der Waals surface area contributed by atoms with Gasteiger partial charge in [0.1, 0.15) is 0 Å². The molecule has 1 saturated heterocycles. The number of ether oxygens (including phenoxy) is 1. The smallest absolute Gasteiger partial charge is 0.0576 e. The second-order valence-corrected chi connectivity index (χ2v) is 5.54. The van der Waals surface area contributed by atoms with Crippen LogP contribution in [0.5, 0.6) is 0 Å². The van der Waals surface area contributed by atoms with Gasteiger partial charge in [-0.1, -0.05) is 20.8 Å². The number of hydrogen-bond donors (Lipinski definition) is 1. The third kappa shape index (κ3) is 3.97. The van der Waals surface area contributed by atoms with Crippen molar-refractivity contribution in [2.45, 2.75) is 65.0 Å². The zero-order valence-electron chi connectivity index (χ0n) is 9.88. The molecule has 0 radical (unpaired) electrons. The van der Waals surface area contributed by atoms with Crippen LogP contribution in [-0.4, -0.2) is 18.8 Å². The predicted molar refractivity (Wildman–Crippen MR) is 60.3 cm³/mol. The Morgan fingerprint density at radius 2 is 2.14 bits per heavy atom. The highest BCUT2D eigenvalue weighted by atomic mass is 16.5. The summed E-state index contributed by atoms with van der Waals surface area (Å²) in [4.78, 5) is 0. The van der Waals surface area contributed by atoms with Crippen molar-refractivity contribution in [2.24, 2.45) is 11.1 Å². The van der Waals surface area contributed by atoms with Gasteiger partial charge in [-0.3, -0.25) is 0 Å². The van der Waals surface area contributed by atoms with E-state index in [9.17, 15) is 0 Å². The van der Waals surface area contributed by atoms with Gasteiger partial charge in [-0.15, -0.1) is 0 Å². The van der Waals surface area contributed by atoms with E-state index in [0.717, 1.165) is 13.0 Å². The first-order chi connectivity index (χ1) is 6.50. The van der Waals surface area contributed by atoms with Gasteiger partial charge in [0.15, 0.2) is 0 Å². The van der Waals surface area contributed by atoms with Crippen molar-refractivity contribution >= 4 is 0 Å². The van der Waals surface area contributed by atoms with Gasteiger partial charge in [0.25, 0.3) is 0 Å². The molecule has 0 amide bonds. The van der Waals surface area contributed by atoms with Gasteiger partial charge in [-0.2, -0.15) is 0 Å². The molecule has 0 saturated carbocycles. The minimum absolute atomic E-state index is 0.247. The maximum Gasteiger partial charge on any atom is 0.0576 e. The molecule has 14 heavy (non-hydrogen) atoms. The SMILES string of the molecule is CC(C)(C)C(N)CCCC1CCCO1. The highest BCUT2D eigenvalue weighted by Gasteiger charge is 2.21. The third-order valence-corrected chi connectivity index (χ3v) is 3.18. The highest BCUT2D eigenvalue weighted by Crippen LogP contribution is 2.23. The normalized spacial score (nSPS) is 25.3. The molecule has 2 nitrogen and oxygen atoms in total. The molecule has 0 bridgehead atoms. The Kier molecular flexibility index (Phi) is 4.39. The fraction of sp³-hybridized carbons (Fsp3) is 1.00. The second kappa shape index (κ2) is 5.13. The van der Waals surface area contributed by atoms with Crippen molar-refractivity contribution in [2.75, 3.05) is 6.61 Å². The van der Waals surface area contributed by atoms with Crippen LogP contribution in [0.2, 0.25) is 0 Å². The van der Waals surface area contributed by atoms with Crippen molar-refractivity contribution in [1.29, 1.82) is 0 Å². The van der Waals surface area contributed by atoms with E-state index in [0.29, 0.717) is 12.1 Å². The minimum atomic E-state index is 0.247. The molecule has 1 fully saturated rings. The lowest BCUT2D eigenvalue weighted by molar-refractivity contribution is 0.100. The van der Waals surface area contributed by atoms with E-state index in [2.05, 4.69) is 20.8 Å². The monoisotopic (exact) mass is 199 g/mol. The van der Waals surface area contributed by atoms with E-state index in [1.54, 1.807) is 0 Å². The average Bonchev–Trinajstić information content (AvgIpc) is 2.55. The summed E-state index contributed by atoms with van der Waals surface area (Å²) in [6.45, 7) is 7.60. The maximum absolute atomic E-state index is 6.09. The molecule has 1 aliphatic heterocycles. The standard InChI is InChI=1S/C12H25NO/c1-12(2,3)11(13)8-4-6-10-7-5-9-14-10/h10-11H,4-9,13H2,1-3H3. The quantitative estimate of drug-likeness (QED) is 0.755. The van der Waals surface area contributed by atoms with Crippen LogP contribution in [0.4, 0.5) is 0 Å². The summed E-state index contributed by atoms with van der Waals surface area (Å²) in [5.41, 5.74) is 6.34. The molecule has 2 atom stereocenters. The Hall–Kier alpha value is -0.0800. The topological polar surface area (TPSA) is 35.2 Å². The first-order valence-electron chi connectivity index (χ1n) is 5.87. The van der Waals surface area contributed by atoms with Crippen LogP contribution in [0.25, 0.3) is 0 Å². The van der Waals surface area contributed by atoms with Crippen molar-refractivity contribution in [3.8, 4) is 0 Å². The highest BCUT2D eigenvalue weighted by molar-refractivity contribution is 4.77. The van der Waals surface area contributed by atoms with Crippen LogP contribution in [0.1, 0.15) is 52.9 Å². The molecule has 84 valence electrons. The van der Waals surface area contributed by atoms with E-state index in [1.807, 2.05) is 0 Å². The van der Waals surface area contributed by atoms with E-state index in [4.69, 9.17) is 10.5 Å². The van der Waals surface area contributed by atoms with Crippen molar-refractivity contribution in [1.82, 2.24) is 0 Å². The number of nitrogens with two attached hydrogens (primary N) is 1. The van der Waals surface area contributed by atoms with Crippen molar-refractivity contribution in [3.63, 3.8) is 0 Å². The molecular weight excluding hydrogens is 174 g/mol. The van der Waals surface area contributed by atoms with Crippen molar-refractivity contribution in [3.05, 3.63) is 0 Å². The minimum Gasteiger partial charge on any atom is -0.378 e. The van der Waals surface area contributed by atoms with E-state index in [1.165, 1.54) is 25.7 Å². The first-order valence-corrected chi connectivity index (χ1v) is 5.87. The molecule has 1 heterocycles. The van der Waals surface area contributed by atoms with Gasteiger partial charge in [-0.25, -0.2) is 0 Å². The molecule has 0 aromatic carbocycles. The lowest BCUT2D eigenvalue weighted by atomic mass is 9.84. The van der Waals surface area contributed by atoms with Crippen LogP contribution < -0.4 is 5.73 Å². The second-order valence-electron chi connectivity index (χ2n) is 5.54.